The van der Waals surface area contributed by atoms with Crippen LogP contribution in [0.3, 0.4) is 0 Å². The van der Waals surface area contributed by atoms with E-state index in [1.807, 2.05) is 0 Å². The van der Waals surface area contributed by atoms with Crippen molar-refractivity contribution in [1.82, 2.24) is 14.7 Å². The highest BCUT2D eigenvalue weighted by Gasteiger charge is 2.35. The number of carbonyl (C=O) groups is 6. The normalized spacial score (nSPS) is 11.6. The summed E-state index contributed by atoms with van der Waals surface area (Å²) in [6, 6.07) is 0. The number of rotatable bonds is 18. The summed E-state index contributed by atoms with van der Waals surface area (Å²) in [6.45, 7) is -3.93. The molecule has 0 bridgehead atoms. The molecule has 0 heterocycles. The molecule has 15 heteroatoms. The Morgan fingerprint density at radius 2 is 0.625 bits per heavy atom. The highest BCUT2D eigenvalue weighted by Crippen LogP contribution is 2.22. The van der Waals surface area contributed by atoms with Gasteiger partial charge >= 0.3 is 35.8 Å². The summed E-state index contributed by atoms with van der Waals surface area (Å²) in [7, 11) is 0. The molecule has 0 spiro atoms. The number of carboxylic acid groups (broad SMARTS) is 6. The van der Waals surface area contributed by atoms with E-state index in [4.69, 9.17) is 30.6 Å². The third kappa shape index (κ3) is 13.8. The van der Waals surface area contributed by atoms with Crippen molar-refractivity contribution >= 4 is 35.8 Å². The van der Waals surface area contributed by atoms with Crippen molar-refractivity contribution in [1.29, 1.82) is 0 Å². The van der Waals surface area contributed by atoms with Crippen LogP contribution in [-0.2, 0) is 28.8 Å². The second kappa shape index (κ2) is 13.2. The van der Waals surface area contributed by atoms with Crippen LogP contribution in [-0.4, -0.2) is 140 Å². The maximum atomic E-state index is 11.1. The van der Waals surface area contributed by atoms with Crippen LogP contribution in [0.5, 0.6) is 0 Å². The van der Waals surface area contributed by atoms with Gasteiger partial charge in [0, 0.05) is 25.0 Å². The van der Waals surface area contributed by atoms with Gasteiger partial charge in [-0.05, 0) is 0 Å². The lowest BCUT2D eigenvalue weighted by Crippen LogP contribution is -2.54. The van der Waals surface area contributed by atoms with Gasteiger partial charge in [-0.2, -0.15) is 0 Å². The Bertz CT molecular complexity index is 584. The van der Waals surface area contributed by atoms with Crippen LogP contribution in [0.2, 0.25) is 0 Å². The van der Waals surface area contributed by atoms with E-state index in [0.717, 1.165) is 14.7 Å². The first-order chi connectivity index (χ1) is 14.6. The highest BCUT2D eigenvalue weighted by atomic mass is 16.4. The Morgan fingerprint density at radius 3 is 0.750 bits per heavy atom. The molecule has 0 radical (unpaired) electrons. The molecule has 0 saturated heterocycles. The molecule has 32 heavy (non-hydrogen) atoms. The second-order valence-electron chi connectivity index (χ2n) is 7.61. The fourth-order valence-corrected chi connectivity index (χ4v) is 3.42. The summed E-state index contributed by atoms with van der Waals surface area (Å²) in [6.07, 6.45) is 0. The topological polar surface area (TPSA) is 234 Å². The molecule has 6 N–H and O–H groups in total. The average Bonchev–Trinajstić information content (AvgIpc) is 2.49. The molecule has 15 nitrogen and oxygen atoms in total. The van der Waals surface area contributed by atoms with Crippen LogP contribution in [0.25, 0.3) is 0 Å². The summed E-state index contributed by atoms with van der Waals surface area (Å²) in [5.41, 5.74) is -1.32. The number of nitrogens with zero attached hydrogens (tertiary/aromatic N) is 3. The minimum absolute atomic E-state index is 0.336. The van der Waals surface area contributed by atoms with Gasteiger partial charge in [0.05, 0.1) is 39.3 Å². The molecule has 0 amide bonds. The average molecular weight is 465 g/mol. The zero-order valence-corrected chi connectivity index (χ0v) is 17.3. The summed E-state index contributed by atoms with van der Waals surface area (Å²) in [5, 5.41) is 54.4. The van der Waals surface area contributed by atoms with E-state index in [9.17, 15) is 28.8 Å². The van der Waals surface area contributed by atoms with Crippen molar-refractivity contribution < 1.29 is 59.4 Å². The smallest absolute Gasteiger partial charge is 0.317 e. The van der Waals surface area contributed by atoms with E-state index >= 15 is 0 Å². The fraction of sp³-hybridized carbons (Fsp3) is 0.647. The molecule has 0 fully saturated rings. The molecular weight excluding hydrogens is 438 g/mol. The summed E-state index contributed by atoms with van der Waals surface area (Å²) in [4.78, 5) is 69.8. The first-order valence-electron chi connectivity index (χ1n) is 9.09. The van der Waals surface area contributed by atoms with Gasteiger partial charge < -0.3 is 30.6 Å². The van der Waals surface area contributed by atoms with Crippen molar-refractivity contribution in [3.8, 4) is 0 Å². The molecular formula is C17H27N3O12. The van der Waals surface area contributed by atoms with Crippen molar-refractivity contribution in [3.63, 3.8) is 0 Å². The van der Waals surface area contributed by atoms with Crippen molar-refractivity contribution in [2.45, 2.75) is 6.92 Å². The van der Waals surface area contributed by atoms with Gasteiger partial charge in [-0.25, -0.2) is 0 Å². The van der Waals surface area contributed by atoms with Crippen LogP contribution < -0.4 is 0 Å². The fourth-order valence-electron chi connectivity index (χ4n) is 3.42. The van der Waals surface area contributed by atoms with E-state index in [2.05, 4.69) is 0 Å². The molecule has 0 aromatic heterocycles. The molecule has 0 aromatic rings. The first kappa shape index (κ1) is 28.7. The van der Waals surface area contributed by atoms with Crippen molar-refractivity contribution in [3.05, 3.63) is 0 Å². The van der Waals surface area contributed by atoms with Gasteiger partial charge in [0.15, 0.2) is 0 Å². The molecule has 0 aromatic carbocycles. The lowest BCUT2D eigenvalue weighted by molar-refractivity contribution is -0.143. The molecule has 0 aliphatic carbocycles. The van der Waals surface area contributed by atoms with Crippen LogP contribution in [0, 0.1) is 5.41 Å². The summed E-state index contributed by atoms with van der Waals surface area (Å²) in [5.74, 6) is -8.20. The zero-order chi connectivity index (χ0) is 25.1. The van der Waals surface area contributed by atoms with E-state index < -0.39 is 80.5 Å². The Hall–Kier alpha value is -3.30. The van der Waals surface area contributed by atoms with Crippen molar-refractivity contribution in [2.24, 2.45) is 5.41 Å². The van der Waals surface area contributed by atoms with E-state index in [0.29, 0.717) is 0 Å². The van der Waals surface area contributed by atoms with Gasteiger partial charge in [0.2, 0.25) is 0 Å². The van der Waals surface area contributed by atoms with Gasteiger partial charge in [-0.3, -0.25) is 43.5 Å². The molecule has 0 atom stereocenters. The SMILES string of the molecule is CC(CN(CC(=O)O)CC(=O)O)(CN(CC(=O)O)CC(=O)O)CN(CC(=O)O)CC(=O)O. The molecule has 0 rings (SSSR count). The van der Waals surface area contributed by atoms with Crippen molar-refractivity contribution in [2.75, 3.05) is 58.9 Å². The van der Waals surface area contributed by atoms with Gasteiger partial charge in [0.1, 0.15) is 0 Å². The van der Waals surface area contributed by atoms with Crippen LogP contribution in [0.1, 0.15) is 6.92 Å². The first-order valence-corrected chi connectivity index (χ1v) is 9.09. The zero-order valence-electron chi connectivity index (χ0n) is 17.3. The third-order valence-electron chi connectivity index (χ3n) is 3.97. The largest absolute Gasteiger partial charge is 0.480 e. The lowest BCUT2D eigenvalue weighted by Gasteiger charge is -2.40. The molecule has 0 unspecified atom stereocenters. The Kier molecular flexibility index (Phi) is 11.8. The van der Waals surface area contributed by atoms with Gasteiger partial charge in [0.25, 0.3) is 0 Å². The Balaban J connectivity index is 6.04. The second-order valence-corrected chi connectivity index (χ2v) is 7.61. The van der Waals surface area contributed by atoms with Crippen LogP contribution in [0.4, 0.5) is 0 Å². The maximum absolute atomic E-state index is 11.1. The third-order valence-corrected chi connectivity index (χ3v) is 3.97. The number of carboxylic acids is 6. The Morgan fingerprint density at radius 1 is 0.469 bits per heavy atom. The number of hydrogen-bond donors (Lipinski definition) is 6. The minimum atomic E-state index is -1.37. The predicted molar refractivity (Wildman–Crippen MR) is 103 cm³/mol. The number of hydrogen-bond acceptors (Lipinski definition) is 9. The maximum Gasteiger partial charge on any atom is 0.317 e. The standard InChI is InChI=1S/C17H27N3O12/c1-17(8-18(2-11(21)22)3-12(23)24,9-19(4-13(25)26)5-14(27)28)10-20(6-15(29)30)7-16(31)32/h2-10H2,1H3,(H,21,22)(H,23,24)(H,25,26)(H,27,28)(H,29,30)(H,31,32). The van der Waals surface area contributed by atoms with E-state index in [1.165, 1.54) is 6.92 Å². The highest BCUT2D eigenvalue weighted by molar-refractivity contribution is 5.74. The van der Waals surface area contributed by atoms with E-state index in [1.54, 1.807) is 0 Å². The minimum Gasteiger partial charge on any atom is -0.480 e. The molecule has 0 saturated carbocycles. The van der Waals surface area contributed by atoms with Gasteiger partial charge in [-0.15, -0.1) is 0 Å². The summed E-state index contributed by atoms with van der Waals surface area (Å²) >= 11 is 0. The Labute approximate surface area is 182 Å². The molecule has 0 aliphatic rings. The summed E-state index contributed by atoms with van der Waals surface area (Å²) < 4.78 is 0. The van der Waals surface area contributed by atoms with Crippen LogP contribution >= 0.6 is 0 Å². The monoisotopic (exact) mass is 465 g/mol. The number of aliphatic carboxylic acids is 6. The predicted octanol–water partition coefficient (Wildman–Crippen LogP) is -2.59. The quantitative estimate of drug-likeness (QED) is 0.122. The van der Waals surface area contributed by atoms with Gasteiger partial charge in [-0.1, -0.05) is 6.92 Å². The molecule has 182 valence electrons. The van der Waals surface area contributed by atoms with Crippen LogP contribution in [0.15, 0.2) is 0 Å². The van der Waals surface area contributed by atoms with E-state index in [-0.39, 0.29) is 19.6 Å². The lowest BCUT2D eigenvalue weighted by atomic mass is 9.87. The molecule has 0 aliphatic heterocycles.